The minimum atomic E-state index is -0.726. The second-order valence-electron chi connectivity index (χ2n) is 2.65. The second-order valence-corrected chi connectivity index (χ2v) is 2.65. The Bertz CT molecular complexity index is 235. The number of hydrogen-bond acceptors (Lipinski definition) is 1. The van der Waals surface area contributed by atoms with Crippen molar-refractivity contribution in [3.05, 3.63) is 35.1 Å². The molecule has 11 heavy (non-hydrogen) atoms. The van der Waals surface area contributed by atoms with E-state index in [1.807, 2.05) is 0 Å². The summed E-state index contributed by atoms with van der Waals surface area (Å²) < 4.78 is 12.9. The van der Waals surface area contributed by atoms with Crippen molar-refractivity contribution in [1.29, 1.82) is 0 Å². The smallest absolute Gasteiger partial charge is 0.129 e. The van der Waals surface area contributed by atoms with Crippen LogP contribution in [-0.4, -0.2) is 5.11 Å². The number of rotatable bonds is 1. The first kappa shape index (κ1) is 8.21. The summed E-state index contributed by atoms with van der Waals surface area (Å²) in [5.74, 6) is -0.333. The Balaban J connectivity index is 3.21. The summed E-state index contributed by atoms with van der Waals surface area (Å²) >= 11 is 0. The van der Waals surface area contributed by atoms with E-state index in [9.17, 15) is 4.39 Å². The monoisotopic (exact) mass is 154 g/mol. The number of aliphatic hydroxyl groups is 1. The summed E-state index contributed by atoms with van der Waals surface area (Å²) in [5, 5.41) is 9.15. The highest BCUT2D eigenvalue weighted by Crippen LogP contribution is 2.19. The van der Waals surface area contributed by atoms with E-state index < -0.39 is 6.10 Å². The molecule has 1 atom stereocenters. The molecular weight excluding hydrogens is 143 g/mol. The lowest BCUT2D eigenvalue weighted by molar-refractivity contribution is 0.193. The third kappa shape index (κ3) is 1.57. The molecule has 1 nitrogen and oxygen atoms in total. The van der Waals surface area contributed by atoms with Gasteiger partial charge >= 0.3 is 0 Å². The Morgan fingerprint density at radius 2 is 2.09 bits per heavy atom. The molecule has 0 heterocycles. The van der Waals surface area contributed by atoms with Crippen LogP contribution >= 0.6 is 0 Å². The highest BCUT2D eigenvalue weighted by atomic mass is 19.1. The molecule has 1 rings (SSSR count). The maximum atomic E-state index is 12.9. The molecular formula is C9H11FO. The Kier molecular flexibility index (Phi) is 2.25. The fraction of sp³-hybridized carbons (Fsp3) is 0.333. The lowest BCUT2D eigenvalue weighted by Gasteiger charge is -2.08. The van der Waals surface area contributed by atoms with Gasteiger partial charge in [0.25, 0.3) is 0 Å². The first-order chi connectivity index (χ1) is 5.13. The lowest BCUT2D eigenvalue weighted by atomic mass is 10.0. The number of benzene rings is 1. The largest absolute Gasteiger partial charge is 0.389 e. The number of aliphatic hydroxyl groups excluding tert-OH is 1. The van der Waals surface area contributed by atoms with E-state index in [1.165, 1.54) is 6.07 Å². The van der Waals surface area contributed by atoms with Crippen molar-refractivity contribution >= 4 is 0 Å². The molecule has 0 spiro atoms. The van der Waals surface area contributed by atoms with E-state index in [0.29, 0.717) is 5.56 Å². The molecule has 2 heteroatoms. The van der Waals surface area contributed by atoms with Gasteiger partial charge in [-0.25, -0.2) is 4.39 Å². The fourth-order valence-electron chi connectivity index (χ4n) is 1.17. The molecule has 0 radical (unpaired) electrons. The molecule has 0 bridgehead atoms. The SMILES string of the molecule is Cc1cccc(F)c1[C@@H](C)O. The molecule has 0 fully saturated rings. The van der Waals surface area contributed by atoms with Crippen molar-refractivity contribution in [3.8, 4) is 0 Å². The van der Waals surface area contributed by atoms with Crippen molar-refractivity contribution in [2.24, 2.45) is 0 Å². The zero-order chi connectivity index (χ0) is 8.43. The van der Waals surface area contributed by atoms with Gasteiger partial charge in [-0.05, 0) is 25.5 Å². The average Bonchev–Trinajstić information content (AvgIpc) is 1.85. The van der Waals surface area contributed by atoms with Gasteiger partial charge in [-0.1, -0.05) is 12.1 Å². The highest BCUT2D eigenvalue weighted by Gasteiger charge is 2.09. The molecule has 0 aliphatic carbocycles. The first-order valence-corrected chi connectivity index (χ1v) is 3.56. The van der Waals surface area contributed by atoms with Crippen molar-refractivity contribution < 1.29 is 9.50 Å². The van der Waals surface area contributed by atoms with Gasteiger partial charge < -0.3 is 5.11 Å². The van der Waals surface area contributed by atoms with Gasteiger partial charge in [-0.2, -0.15) is 0 Å². The molecule has 1 aromatic rings. The molecule has 0 unspecified atom stereocenters. The summed E-state index contributed by atoms with van der Waals surface area (Å²) in [6, 6.07) is 4.77. The van der Waals surface area contributed by atoms with E-state index in [1.54, 1.807) is 26.0 Å². The number of hydrogen-bond donors (Lipinski definition) is 1. The van der Waals surface area contributed by atoms with Crippen LogP contribution in [0, 0.1) is 12.7 Å². The van der Waals surface area contributed by atoms with Crippen LogP contribution in [-0.2, 0) is 0 Å². The van der Waals surface area contributed by atoms with Crippen LogP contribution in [0.3, 0.4) is 0 Å². The van der Waals surface area contributed by atoms with Gasteiger partial charge in [-0.3, -0.25) is 0 Å². The van der Waals surface area contributed by atoms with E-state index >= 15 is 0 Å². The Morgan fingerprint density at radius 3 is 2.45 bits per heavy atom. The minimum Gasteiger partial charge on any atom is -0.389 e. The van der Waals surface area contributed by atoms with Gasteiger partial charge in [0.05, 0.1) is 6.10 Å². The molecule has 0 amide bonds. The predicted octanol–water partition coefficient (Wildman–Crippen LogP) is 2.19. The van der Waals surface area contributed by atoms with Crippen LogP contribution in [0.1, 0.15) is 24.2 Å². The average molecular weight is 154 g/mol. The fourth-order valence-corrected chi connectivity index (χ4v) is 1.17. The molecule has 1 aromatic carbocycles. The van der Waals surface area contributed by atoms with Gasteiger partial charge in [0, 0.05) is 5.56 Å². The topological polar surface area (TPSA) is 20.2 Å². The molecule has 60 valence electrons. The Labute approximate surface area is 65.5 Å². The maximum Gasteiger partial charge on any atom is 0.129 e. The zero-order valence-electron chi connectivity index (χ0n) is 6.63. The summed E-state index contributed by atoms with van der Waals surface area (Å²) in [5.41, 5.74) is 1.19. The van der Waals surface area contributed by atoms with Crippen LogP contribution in [0.25, 0.3) is 0 Å². The summed E-state index contributed by atoms with van der Waals surface area (Å²) in [4.78, 5) is 0. The molecule has 1 N–H and O–H groups in total. The lowest BCUT2D eigenvalue weighted by Crippen LogP contribution is -1.98. The zero-order valence-corrected chi connectivity index (χ0v) is 6.63. The first-order valence-electron chi connectivity index (χ1n) is 3.56. The van der Waals surface area contributed by atoms with Crippen LogP contribution in [0.15, 0.2) is 18.2 Å². The summed E-state index contributed by atoms with van der Waals surface area (Å²) in [6.07, 6.45) is -0.726. The second kappa shape index (κ2) is 3.01. The number of halogens is 1. The van der Waals surface area contributed by atoms with Gasteiger partial charge in [0.15, 0.2) is 0 Å². The Morgan fingerprint density at radius 1 is 1.45 bits per heavy atom. The van der Waals surface area contributed by atoms with Crippen molar-refractivity contribution in [2.45, 2.75) is 20.0 Å². The van der Waals surface area contributed by atoms with E-state index in [2.05, 4.69) is 0 Å². The van der Waals surface area contributed by atoms with Crippen molar-refractivity contribution in [1.82, 2.24) is 0 Å². The molecule has 0 aliphatic heterocycles. The van der Waals surface area contributed by atoms with Crippen LogP contribution in [0.4, 0.5) is 4.39 Å². The van der Waals surface area contributed by atoms with Crippen molar-refractivity contribution in [3.63, 3.8) is 0 Å². The van der Waals surface area contributed by atoms with Crippen LogP contribution in [0.2, 0.25) is 0 Å². The predicted molar refractivity (Wildman–Crippen MR) is 41.8 cm³/mol. The molecule has 0 saturated carbocycles. The van der Waals surface area contributed by atoms with Gasteiger partial charge in [0.2, 0.25) is 0 Å². The van der Waals surface area contributed by atoms with Crippen LogP contribution in [0.5, 0.6) is 0 Å². The molecule has 0 aromatic heterocycles. The molecule has 0 saturated heterocycles. The van der Waals surface area contributed by atoms with Crippen LogP contribution < -0.4 is 0 Å². The summed E-state index contributed by atoms with van der Waals surface area (Å²) in [6.45, 7) is 3.34. The van der Waals surface area contributed by atoms with Gasteiger partial charge in [-0.15, -0.1) is 0 Å². The normalized spacial score (nSPS) is 13.1. The maximum absolute atomic E-state index is 12.9. The standard InChI is InChI=1S/C9H11FO/c1-6-4-3-5-8(10)9(6)7(2)11/h3-5,7,11H,1-2H3/t7-/m1/s1. The quantitative estimate of drug-likeness (QED) is 0.657. The summed E-state index contributed by atoms with van der Waals surface area (Å²) in [7, 11) is 0. The third-order valence-electron chi connectivity index (χ3n) is 1.69. The van der Waals surface area contributed by atoms with Gasteiger partial charge in [0.1, 0.15) is 5.82 Å². The van der Waals surface area contributed by atoms with E-state index in [0.717, 1.165) is 5.56 Å². The minimum absolute atomic E-state index is 0.333. The van der Waals surface area contributed by atoms with E-state index in [4.69, 9.17) is 5.11 Å². The number of aryl methyl sites for hydroxylation is 1. The Hall–Kier alpha value is -0.890. The molecule has 0 aliphatic rings. The third-order valence-corrected chi connectivity index (χ3v) is 1.69. The van der Waals surface area contributed by atoms with E-state index in [-0.39, 0.29) is 5.82 Å². The van der Waals surface area contributed by atoms with Crippen molar-refractivity contribution in [2.75, 3.05) is 0 Å². The highest BCUT2D eigenvalue weighted by molar-refractivity contribution is 5.28.